The number of rotatable bonds is 6. The van der Waals surface area contributed by atoms with Crippen LogP contribution in [0.2, 0.25) is 0 Å². The van der Waals surface area contributed by atoms with Crippen molar-refractivity contribution < 1.29 is 28.5 Å². The number of aliphatic hydroxyl groups excluding tert-OH is 2. The predicted octanol–water partition coefficient (Wildman–Crippen LogP) is -0.224. The standard InChI is InChI=1S/C10H15NO6S2/c1-6-3-18-7(9(14)15)8(6)19(16,17)11-10(2,4-12)5-13/h3,11-13H,4-5H2,1-2H3,(H,14,15). The van der Waals surface area contributed by atoms with Crippen molar-refractivity contribution in [2.75, 3.05) is 13.2 Å². The molecule has 0 spiro atoms. The van der Waals surface area contributed by atoms with E-state index in [4.69, 9.17) is 15.3 Å². The number of hydrogen-bond donors (Lipinski definition) is 4. The van der Waals surface area contributed by atoms with E-state index in [0.717, 1.165) is 11.3 Å². The van der Waals surface area contributed by atoms with Gasteiger partial charge in [-0.05, 0) is 24.8 Å². The number of carbonyl (C=O) groups is 1. The Labute approximate surface area is 114 Å². The molecule has 19 heavy (non-hydrogen) atoms. The van der Waals surface area contributed by atoms with Gasteiger partial charge in [0.15, 0.2) is 0 Å². The lowest BCUT2D eigenvalue weighted by Crippen LogP contribution is -2.51. The highest BCUT2D eigenvalue weighted by molar-refractivity contribution is 7.89. The summed E-state index contributed by atoms with van der Waals surface area (Å²) in [5, 5.41) is 28.6. The number of nitrogens with one attached hydrogen (secondary N) is 1. The molecule has 1 aromatic rings. The second-order valence-corrected chi connectivity index (χ2v) is 6.86. The number of carboxylic acid groups (broad SMARTS) is 1. The molecule has 0 amide bonds. The fourth-order valence-electron chi connectivity index (χ4n) is 1.40. The highest BCUT2D eigenvalue weighted by Gasteiger charge is 2.33. The predicted molar refractivity (Wildman–Crippen MR) is 68.9 cm³/mol. The van der Waals surface area contributed by atoms with E-state index in [9.17, 15) is 13.2 Å². The van der Waals surface area contributed by atoms with Crippen LogP contribution in [0.5, 0.6) is 0 Å². The molecule has 0 fully saturated rings. The van der Waals surface area contributed by atoms with Gasteiger partial charge in [-0.15, -0.1) is 11.3 Å². The van der Waals surface area contributed by atoms with Gasteiger partial charge in [0.1, 0.15) is 9.77 Å². The van der Waals surface area contributed by atoms with Crippen molar-refractivity contribution in [3.8, 4) is 0 Å². The highest BCUT2D eigenvalue weighted by atomic mass is 32.2. The molecule has 0 radical (unpaired) electrons. The molecule has 0 saturated carbocycles. The first-order chi connectivity index (χ1) is 8.67. The Kier molecular flexibility index (Phi) is 4.69. The van der Waals surface area contributed by atoms with Gasteiger partial charge in [-0.3, -0.25) is 0 Å². The molecule has 0 bridgehead atoms. The molecule has 1 heterocycles. The van der Waals surface area contributed by atoms with E-state index >= 15 is 0 Å². The number of carboxylic acids is 1. The summed E-state index contributed by atoms with van der Waals surface area (Å²) in [5.41, 5.74) is -1.16. The Hall–Kier alpha value is -1.00. The maximum Gasteiger partial charge on any atom is 0.347 e. The minimum Gasteiger partial charge on any atom is -0.477 e. The van der Waals surface area contributed by atoms with Gasteiger partial charge in [-0.1, -0.05) is 0 Å². The molecule has 0 saturated heterocycles. The number of thiophene rings is 1. The van der Waals surface area contributed by atoms with Crippen LogP contribution in [0.4, 0.5) is 0 Å². The molecule has 9 heteroatoms. The third kappa shape index (κ3) is 3.31. The first kappa shape index (κ1) is 16.1. The van der Waals surface area contributed by atoms with Crippen LogP contribution in [0.25, 0.3) is 0 Å². The van der Waals surface area contributed by atoms with Gasteiger partial charge in [0.05, 0.1) is 18.8 Å². The van der Waals surface area contributed by atoms with Crippen LogP contribution in [-0.4, -0.2) is 48.5 Å². The number of aromatic carboxylic acids is 1. The van der Waals surface area contributed by atoms with Gasteiger partial charge in [0.2, 0.25) is 10.0 Å². The summed E-state index contributed by atoms with van der Waals surface area (Å²) < 4.78 is 26.5. The summed E-state index contributed by atoms with van der Waals surface area (Å²) >= 11 is 0.809. The molecular weight excluding hydrogens is 294 g/mol. The highest BCUT2D eigenvalue weighted by Crippen LogP contribution is 2.27. The largest absolute Gasteiger partial charge is 0.477 e. The summed E-state index contributed by atoms with van der Waals surface area (Å²) in [5.74, 6) is -1.34. The maximum absolute atomic E-state index is 12.2. The van der Waals surface area contributed by atoms with Crippen LogP contribution in [0.15, 0.2) is 10.3 Å². The number of hydrogen-bond acceptors (Lipinski definition) is 6. The monoisotopic (exact) mass is 309 g/mol. The summed E-state index contributed by atoms with van der Waals surface area (Å²) in [6.07, 6.45) is 0. The molecule has 0 aliphatic carbocycles. The third-order valence-corrected chi connectivity index (χ3v) is 5.50. The van der Waals surface area contributed by atoms with Crippen molar-refractivity contribution in [1.29, 1.82) is 0 Å². The van der Waals surface area contributed by atoms with Crippen molar-refractivity contribution in [3.05, 3.63) is 15.8 Å². The van der Waals surface area contributed by atoms with Gasteiger partial charge in [-0.2, -0.15) is 0 Å². The molecule has 108 valence electrons. The Bertz CT molecular complexity index is 573. The minimum absolute atomic E-state index is 0.299. The molecule has 1 rings (SSSR count). The zero-order valence-electron chi connectivity index (χ0n) is 10.4. The quantitative estimate of drug-likeness (QED) is 0.576. The Morgan fingerprint density at radius 2 is 1.95 bits per heavy atom. The van der Waals surface area contributed by atoms with Gasteiger partial charge in [0.25, 0.3) is 0 Å². The van der Waals surface area contributed by atoms with Crippen molar-refractivity contribution >= 4 is 27.3 Å². The second-order valence-electron chi connectivity index (χ2n) is 4.36. The summed E-state index contributed by atoms with van der Waals surface area (Å²) in [6, 6.07) is 0. The summed E-state index contributed by atoms with van der Waals surface area (Å²) in [7, 11) is -4.15. The maximum atomic E-state index is 12.2. The van der Waals surface area contributed by atoms with Crippen LogP contribution < -0.4 is 4.72 Å². The Morgan fingerprint density at radius 1 is 1.42 bits per heavy atom. The van der Waals surface area contributed by atoms with Crippen LogP contribution in [0.1, 0.15) is 22.2 Å². The normalized spacial score (nSPS) is 12.6. The lowest BCUT2D eigenvalue weighted by atomic mass is 10.1. The molecule has 0 unspecified atom stereocenters. The zero-order valence-corrected chi connectivity index (χ0v) is 12.0. The number of aryl methyl sites for hydroxylation is 1. The lowest BCUT2D eigenvalue weighted by molar-refractivity contribution is 0.0698. The van der Waals surface area contributed by atoms with Crippen LogP contribution in [0.3, 0.4) is 0 Å². The fraction of sp³-hybridized carbons (Fsp3) is 0.500. The van der Waals surface area contributed by atoms with E-state index in [2.05, 4.69) is 4.72 Å². The van der Waals surface area contributed by atoms with Crippen LogP contribution in [0, 0.1) is 6.92 Å². The van der Waals surface area contributed by atoms with E-state index in [1.807, 2.05) is 0 Å². The van der Waals surface area contributed by atoms with Crippen molar-refractivity contribution in [2.24, 2.45) is 0 Å². The Morgan fingerprint density at radius 3 is 2.37 bits per heavy atom. The lowest BCUT2D eigenvalue weighted by Gasteiger charge is -2.25. The van der Waals surface area contributed by atoms with E-state index < -0.39 is 34.7 Å². The average molecular weight is 309 g/mol. The van der Waals surface area contributed by atoms with E-state index in [0.29, 0.717) is 5.56 Å². The van der Waals surface area contributed by atoms with E-state index in [-0.39, 0.29) is 9.77 Å². The van der Waals surface area contributed by atoms with Crippen LogP contribution >= 0.6 is 11.3 Å². The van der Waals surface area contributed by atoms with E-state index in [1.165, 1.54) is 19.2 Å². The Balaban J connectivity index is 3.29. The molecule has 1 aromatic heterocycles. The number of aliphatic hydroxyl groups is 2. The van der Waals surface area contributed by atoms with Crippen LogP contribution in [-0.2, 0) is 10.0 Å². The average Bonchev–Trinajstić information content (AvgIpc) is 2.71. The molecule has 7 nitrogen and oxygen atoms in total. The molecule has 4 N–H and O–H groups in total. The molecule has 0 aliphatic heterocycles. The molecular formula is C10H15NO6S2. The second kappa shape index (κ2) is 5.55. The fourth-order valence-corrected chi connectivity index (χ4v) is 4.43. The topological polar surface area (TPSA) is 124 Å². The first-order valence-electron chi connectivity index (χ1n) is 5.24. The van der Waals surface area contributed by atoms with Gasteiger partial charge in [-0.25, -0.2) is 17.9 Å². The van der Waals surface area contributed by atoms with Crippen molar-refractivity contribution in [2.45, 2.75) is 24.3 Å². The molecule has 0 atom stereocenters. The SMILES string of the molecule is Cc1csc(C(=O)O)c1S(=O)(=O)NC(C)(CO)CO. The first-order valence-corrected chi connectivity index (χ1v) is 7.60. The van der Waals surface area contributed by atoms with Gasteiger partial charge >= 0.3 is 5.97 Å². The van der Waals surface area contributed by atoms with Gasteiger partial charge < -0.3 is 15.3 Å². The molecule has 0 aliphatic rings. The summed E-state index contributed by atoms with van der Waals surface area (Å²) in [6.45, 7) is 1.56. The minimum atomic E-state index is -4.15. The molecule has 0 aromatic carbocycles. The number of sulfonamides is 1. The zero-order chi connectivity index (χ0) is 14.8. The summed E-state index contributed by atoms with van der Waals surface area (Å²) in [4.78, 5) is 10.4. The van der Waals surface area contributed by atoms with E-state index in [1.54, 1.807) is 0 Å². The van der Waals surface area contributed by atoms with Gasteiger partial charge in [0, 0.05) is 0 Å². The van der Waals surface area contributed by atoms with Crippen molar-refractivity contribution in [1.82, 2.24) is 4.72 Å². The van der Waals surface area contributed by atoms with Crippen molar-refractivity contribution in [3.63, 3.8) is 0 Å². The smallest absolute Gasteiger partial charge is 0.347 e. The third-order valence-electron chi connectivity index (χ3n) is 2.46.